The Morgan fingerprint density at radius 2 is 1.57 bits per heavy atom. The van der Waals surface area contributed by atoms with E-state index in [9.17, 15) is 14.7 Å². The number of carbonyl (C=O) groups excluding carboxylic acids is 1. The normalized spacial score (nSPS) is 11.8. The first-order chi connectivity index (χ1) is 19.4. The van der Waals surface area contributed by atoms with Crippen LogP contribution in [0.2, 0.25) is 0 Å². The number of Topliss-reactive ketones (excluding diaryl/α,β-unsaturated/α-hetero) is 1. The fourth-order valence-corrected chi connectivity index (χ4v) is 5.34. The third kappa shape index (κ3) is 8.33. The highest BCUT2D eigenvalue weighted by atomic mass is 32.1. The van der Waals surface area contributed by atoms with Crippen molar-refractivity contribution in [2.75, 3.05) is 6.61 Å². The van der Waals surface area contributed by atoms with E-state index >= 15 is 0 Å². The topological polar surface area (TPSA) is 89.4 Å². The van der Waals surface area contributed by atoms with Gasteiger partial charge in [-0.2, -0.15) is 0 Å². The first-order valence-corrected chi connectivity index (χ1v) is 14.8. The van der Waals surface area contributed by atoms with Crippen LogP contribution in [0.15, 0.2) is 72.4 Å². The minimum Gasteiger partial charge on any atom is -0.494 e. The zero-order valence-corrected chi connectivity index (χ0v) is 24.0. The van der Waals surface area contributed by atoms with Gasteiger partial charge in [-0.3, -0.25) is 9.59 Å². The molecule has 0 radical (unpaired) electrons. The quantitative estimate of drug-likeness (QED) is 0.118. The first-order valence-electron chi connectivity index (χ1n) is 13.9. The summed E-state index contributed by atoms with van der Waals surface area (Å²) in [4.78, 5) is 34.1. The van der Waals surface area contributed by atoms with Crippen LogP contribution in [0, 0.1) is 12.8 Å². The highest BCUT2D eigenvalue weighted by Gasteiger charge is 2.23. The number of aryl methyl sites for hydroxylation is 1. The van der Waals surface area contributed by atoms with Crippen LogP contribution >= 0.6 is 11.3 Å². The Kier molecular flexibility index (Phi) is 10.6. The lowest BCUT2D eigenvalue weighted by molar-refractivity contribution is -0.141. The maximum atomic E-state index is 12.6. The lowest BCUT2D eigenvalue weighted by atomic mass is 9.93. The largest absolute Gasteiger partial charge is 0.494 e. The van der Waals surface area contributed by atoms with Gasteiger partial charge in [-0.15, -0.1) is 11.3 Å². The lowest BCUT2D eigenvalue weighted by Crippen LogP contribution is -2.20. The Hall–Kier alpha value is -3.84. The summed E-state index contributed by atoms with van der Waals surface area (Å²) in [5.41, 5.74) is 4.64. The number of aromatic nitrogens is 2. The maximum absolute atomic E-state index is 12.6. The van der Waals surface area contributed by atoms with Crippen LogP contribution in [0.3, 0.4) is 0 Å². The summed E-state index contributed by atoms with van der Waals surface area (Å²) in [6.45, 7) is 4.88. The Morgan fingerprint density at radius 1 is 0.900 bits per heavy atom. The molecule has 0 fully saturated rings. The van der Waals surface area contributed by atoms with Gasteiger partial charge >= 0.3 is 5.97 Å². The van der Waals surface area contributed by atoms with E-state index in [1.807, 2.05) is 66.9 Å². The lowest BCUT2D eigenvalue weighted by Gasteiger charge is -2.12. The minimum atomic E-state index is -0.966. The predicted molar refractivity (Wildman–Crippen MR) is 160 cm³/mol. The van der Waals surface area contributed by atoms with Gasteiger partial charge in [0.1, 0.15) is 5.75 Å². The molecule has 4 aromatic rings. The van der Waals surface area contributed by atoms with Gasteiger partial charge in [0.25, 0.3) is 0 Å². The van der Waals surface area contributed by atoms with Crippen LogP contribution < -0.4 is 4.74 Å². The van der Waals surface area contributed by atoms with E-state index in [0.717, 1.165) is 46.6 Å². The number of carboxylic acids is 1. The second kappa shape index (κ2) is 14.5. The third-order valence-corrected chi connectivity index (χ3v) is 7.93. The van der Waals surface area contributed by atoms with Crippen molar-refractivity contribution in [3.63, 3.8) is 0 Å². The highest BCUT2D eigenvalue weighted by molar-refractivity contribution is 7.12. The number of hydrogen-bond donors (Lipinski definition) is 1. The Bertz CT molecular complexity index is 1380. The second-order valence-corrected chi connectivity index (χ2v) is 11.0. The molecule has 0 amide bonds. The van der Waals surface area contributed by atoms with E-state index in [1.54, 1.807) is 12.4 Å². The first kappa shape index (κ1) is 29.2. The molecule has 208 valence electrons. The van der Waals surface area contributed by atoms with Gasteiger partial charge in [0.05, 0.1) is 17.4 Å². The molecule has 0 saturated carbocycles. The van der Waals surface area contributed by atoms with E-state index in [2.05, 4.69) is 16.9 Å². The van der Waals surface area contributed by atoms with E-state index in [1.165, 1.54) is 37.0 Å². The number of hydrogen-bond acceptors (Lipinski definition) is 6. The molecule has 7 heteroatoms. The number of carbonyl (C=O) groups is 2. The number of carboxylic acid groups (broad SMARTS) is 1. The van der Waals surface area contributed by atoms with Gasteiger partial charge < -0.3 is 9.84 Å². The number of ketones is 1. The van der Waals surface area contributed by atoms with Crippen molar-refractivity contribution >= 4 is 23.1 Å². The van der Waals surface area contributed by atoms with E-state index < -0.39 is 11.9 Å². The van der Waals surface area contributed by atoms with Crippen molar-refractivity contribution in [1.82, 2.24) is 9.97 Å². The molecule has 0 spiro atoms. The Morgan fingerprint density at radius 3 is 2.20 bits per heavy atom. The molecule has 2 heterocycles. The third-order valence-electron chi connectivity index (χ3n) is 6.84. The van der Waals surface area contributed by atoms with Gasteiger partial charge in [0.2, 0.25) is 0 Å². The molecule has 0 aliphatic carbocycles. The van der Waals surface area contributed by atoms with E-state index in [4.69, 9.17) is 4.74 Å². The number of benzene rings is 2. The molecule has 4 rings (SSSR count). The fourth-order valence-electron chi connectivity index (χ4n) is 4.49. The van der Waals surface area contributed by atoms with Crippen molar-refractivity contribution in [1.29, 1.82) is 0 Å². The molecule has 0 bridgehead atoms. The molecular formula is C33H36N2O4S. The molecule has 1 atom stereocenters. The summed E-state index contributed by atoms with van der Waals surface area (Å²) in [7, 11) is 0. The van der Waals surface area contributed by atoms with Gasteiger partial charge in [-0.1, -0.05) is 69.0 Å². The average Bonchev–Trinajstić information content (AvgIpc) is 3.42. The monoisotopic (exact) mass is 556 g/mol. The standard InChI is InChI=1S/C33H36N2O4S/c1-3-4-5-6-7-16-39-29-14-12-25(13-15-29)28-20-34-32(35-21-28)26-10-8-24(9-11-26)18-27(33(37)38)19-30(36)31-17-23(2)22-40-31/h8-15,17,20-22,27H,3-7,16,18-19H2,1-2H3,(H,37,38)/t27-/m1/s1. The Labute approximate surface area is 240 Å². The van der Waals surface area contributed by atoms with Gasteiger partial charge in [-0.05, 0) is 60.0 Å². The molecule has 40 heavy (non-hydrogen) atoms. The zero-order valence-electron chi connectivity index (χ0n) is 23.1. The highest BCUT2D eigenvalue weighted by Crippen LogP contribution is 2.25. The summed E-state index contributed by atoms with van der Waals surface area (Å²) in [5.74, 6) is -0.412. The zero-order chi connectivity index (χ0) is 28.3. The Balaban J connectivity index is 1.32. The predicted octanol–water partition coefficient (Wildman–Crippen LogP) is 8.05. The summed E-state index contributed by atoms with van der Waals surface area (Å²) in [6.07, 6.45) is 9.95. The van der Waals surface area contributed by atoms with E-state index in [-0.39, 0.29) is 18.6 Å². The summed E-state index contributed by atoms with van der Waals surface area (Å²) in [5, 5.41) is 11.6. The van der Waals surface area contributed by atoms with Crippen molar-refractivity contribution < 1.29 is 19.4 Å². The van der Waals surface area contributed by atoms with E-state index in [0.29, 0.717) is 10.7 Å². The maximum Gasteiger partial charge on any atom is 0.307 e. The summed E-state index contributed by atoms with van der Waals surface area (Å²) >= 11 is 1.36. The van der Waals surface area contributed by atoms with Crippen molar-refractivity contribution in [2.24, 2.45) is 5.92 Å². The molecule has 0 saturated heterocycles. The van der Waals surface area contributed by atoms with Crippen molar-refractivity contribution in [2.45, 2.75) is 58.8 Å². The molecule has 6 nitrogen and oxygen atoms in total. The van der Waals surface area contributed by atoms with Gasteiger partial charge in [-0.25, -0.2) is 9.97 Å². The molecule has 0 aliphatic heterocycles. The summed E-state index contributed by atoms with van der Waals surface area (Å²) in [6, 6.07) is 17.3. The second-order valence-electron chi connectivity index (χ2n) is 10.1. The smallest absolute Gasteiger partial charge is 0.307 e. The van der Waals surface area contributed by atoms with Gasteiger partial charge in [0.15, 0.2) is 11.6 Å². The number of unbranched alkanes of at least 4 members (excludes halogenated alkanes) is 4. The SMILES string of the molecule is CCCCCCCOc1ccc(-c2cnc(-c3ccc(C[C@H](CC(=O)c4cc(C)cs4)C(=O)O)cc3)nc2)cc1. The molecule has 2 aromatic heterocycles. The molecule has 0 aliphatic rings. The molecule has 2 aromatic carbocycles. The van der Waals surface area contributed by atoms with Crippen LogP contribution in [0.5, 0.6) is 5.75 Å². The van der Waals surface area contributed by atoms with Crippen molar-refractivity contribution in [3.05, 3.63) is 88.4 Å². The average molecular weight is 557 g/mol. The number of ether oxygens (including phenoxy) is 1. The molecule has 0 unspecified atom stereocenters. The van der Waals surface area contributed by atoms with Crippen molar-refractivity contribution in [3.8, 4) is 28.3 Å². The number of rotatable bonds is 15. The summed E-state index contributed by atoms with van der Waals surface area (Å²) < 4.78 is 5.86. The fraction of sp³-hybridized carbons (Fsp3) is 0.333. The minimum absolute atomic E-state index is 0.0201. The van der Waals surface area contributed by atoms with Crippen LogP contribution in [-0.4, -0.2) is 33.4 Å². The van der Waals surface area contributed by atoms with Gasteiger partial charge in [0, 0.05) is 29.9 Å². The van der Waals surface area contributed by atoms with Crippen LogP contribution in [0.1, 0.15) is 66.2 Å². The molecular weight excluding hydrogens is 520 g/mol. The van der Waals surface area contributed by atoms with Crippen LogP contribution in [-0.2, 0) is 11.2 Å². The molecule has 1 N–H and O–H groups in total. The van der Waals surface area contributed by atoms with Crippen LogP contribution in [0.25, 0.3) is 22.5 Å². The number of aliphatic carboxylic acids is 1. The number of nitrogens with zero attached hydrogens (tertiary/aromatic N) is 2. The van der Waals surface area contributed by atoms with Crippen LogP contribution in [0.4, 0.5) is 0 Å². The number of thiophene rings is 1.